The van der Waals surface area contributed by atoms with Gasteiger partial charge in [-0.05, 0) is 56.0 Å². The number of carbonyl (C=O) groups is 1. The molecule has 0 atom stereocenters. The molecule has 1 N–H and O–H groups in total. The van der Waals surface area contributed by atoms with Crippen LogP contribution in [0.25, 0.3) is 12.2 Å². The largest absolute Gasteiger partial charge is 0.355 e. The van der Waals surface area contributed by atoms with Gasteiger partial charge in [0.2, 0.25) is 15.9 Å². The van der Waals surface area contributed by atoms with Gasteiger partial charge in [-0.25, -0.2) is 12.8 Å². The van der Waals surface area contributed by atoms with Gasteiger partial charge < -0.3 is 9.84 Å². The molecular weight excluding hydrogens is 469 g/mol. The van der Waals surface area contributed by atoms with Crippen molar-refractivity contribution in [3.63, 3.8) is 0 Å². The third-order valence-corrected chi connectivity index (χ3v) is 8.20. The average Bonchev–Trinajstić information content (AvgIpc) is 3.24. The maximum atomic E-state index is 13.4. The van der Waals surface area contributed by atoms with Gasteiger partial charge in [-0.15, -0.1) is 0 Å². The van der Waals surface area contributed by atoms with E-state index in [0.717, 1.165) is 16.7 Å². The highest BCUT2D eigenvalue weighted by Crippen LogP contribution is 2.29. The fourth-order valence-electron chi connectivity index (χ4n) is 4.07. The second-order valence-corrected chi connectivity index (χ2v) is 10.6. The number of carbonyl (C=O) groups excluding carboxylic acids is 1. The van der Waals surface area contributed by atoms with E-state index < -0.39 is 10.0 Å². The Morgan fingerprint density at radius 1 is 1.09 bits per heavy atom. The number of halogens is 1. The topological polar surface area (TPSA) is 92.5 Å². The lowest BCUT2D eigenvalue weighted by atomic mass is 9.97. The quantitative estimate of drug-likeness (QED) is 0.525. The molecule has 2 heterocycles. The van der Waals surface area contributed by atoms with E-state index in [1.165, 1.54) is 16.4 Å². The summed E-state index contributed by atoms with van der Waals surface area (Å²) < 4.78 is 46.6. The summed E-state index contributed by atoms with van der Waals surface area (Å²) in [6, 6.07) is 13.8. The first kappa shape index (κ1) is 24.8. The molecule has 1 aliphatic rings. The number of piperidine rings is 1. The van der Waals surface area contributed by atoms with Crippen molar-refractivity contribution < 1.29 is 22.1 Å². The monoisotopic (exact) mass is 497 g/mol. The number of hydrogen-bond acceptors (Lipinski definition) is 5. The Morgan fingerprint density at radius 3 is 2.40 bits per heavy atom. The molecule has 2 aromatic carbocycles. The van der Waals surface area contributed by atoms with Gasteiger partial charge in [0.15, 0.2) is 10.7 Å². The first-order valence-corrected chi connectivity index (χ1v) is 12.9. The number of aromatic nitrogens is 1. The molecule has 1 amide bonds. The molecule has 0 aliphatic carbocycles. The van der Waals surface area contributed by atoms with Gasteiger partial charge in [0.05, 0.1) is 0 Å². The summed E-state index contributed by atoms with van der Waals surface area (Å²) in [5.41, 5.74) is 3.15. The van der Waals surface area contributed by atoms with Crippen LogP contribution in [-0.4, -0.2) is 36.9 Å². The number of benzene rings is 2. The molecule has 7 nitrogen and oxygen atoms in total. The predicted octanol–water partition coefficient (Wildman–Crippen LogP) is 4.32. The highest BCUT2D eigenvalue weighted by atomic mass is 32.2. The molecule has 0 bridgehead atoms. The zero-order valence-corrected chi connectivity index (χ0v) is 20.5. The van der Waals surface area contributed by atoms with Crippen LogP contribution in [0.3, 0.4) is 0 Å². The maximum Gasteiger partial charge on any atom is 0.248 e. The van der Waals surface area contributed by atoms with Gasteiger partial charge in [0.25, 0.3) is 0 Å². The lowest BCUT2D eigenvalue weighted by molar-refractivity contribution is -0.126. The van der Waals surface area contributed by atoms with E-state index in [9.17, 15) is 17.6 Å². The molecule has 0 saturated carbocycles. The fourth-order valence-corrected chi connectivity index (χ4v) is 5.79. The summed E-state index contributed by atoms with van der Waals surface area (Å²) in [5, 5.41) is 6.75. The van der Waals surface area contributed by atoms with Gasteiger partial charge in [-0.2, -0.15) is 4.31 Å². The number of rotatable bonds is 7. The molecule has 0 radical (unpaired) electrons. The van der Waals surface area contributed by atoms with Gasteiger partial charge in [-0.1, -0.05) is 53.2 Å². The first-order chi connectivity index (χ1) is 16.7. The number of nitrogens with one attached hydrogen (secondary N) is 1. The smallest absolute Gasteiger partial charge is 0.248 e. The van der Waals surface area contributed by atoms with Crippen molar-refractivity contribution in [1.82, 2.24) is 14.8 Å². The van der Waals surface area contributed by atoms with Crippen LogP contribution in [0.5, 0.6) is 0 Å². The third kappa shape index (κ3) is 5.86. The van der Waals surface area contributed by atoms with Crippen molar-refractivity contribution in [3.8, 4) is 0 Å². The first-order valence-electron chi connectivity index (χ1n) is 11.5. The minimum Gasteiger partial charge on any atom is -0.355 e. The SMILES string of the molecule is Cc1ccc(C=Cc2onc(C)c2S(=O)(=O)N2CCC(C(=O)NCc3ccc(F)cc3)CC2)cc1. The van der Waals surface area contributed by atoms with E-state index in [4.69, 9.17) is 4.52 Å². The van der Waals surface area contributed by atoms with Crippen LogP contribution in [0.15, 0.2) is 57.9 Å². The van der Waals surface area contributed by atoms with Gasteiger partial charge in [0, 0.05) is 25.6 Å². The van der Waals surface area contributed by atoms with E-state index in [2.05, 4.69) is 10.5 Å². The summed E-state index contributed by atoms with van der Waals surface area (Å²) >= 11 is 0. The minimum absolute atomic E-state index is 0.0556. The van der Waals surface area contributed by atoms with Crippen LogP contribution in [0.1, 0.15) is 41.0 Å². The van der Waals surface area contributed by atoms with Crippen LogP contribution in [0, 0.1) is 25.6 Å². The summed E-state index contributed by atoms with van der Waals surface area (Å²) in [7, 11) is -3.84. The Morgan fingerprint density at radius 2 is 1.74 bits per heavy atom. The van der Waals surface area contributed by atoms with Crippen molar-refractivity contribution in [1.29, 1.82) is 0 Å². The van der Waals surface area contributed by atoms with Crippen LogP contribution < -0.4 is 5.32 Å². The van der Waals surface area contributed by atoms with Crippen molar-refractivity contribution >= 4 is 28.1 Å². The molecule has 0 unspecified atom stereocenters. The Hall–Kier alpha value is -3.30. The van der Waals surface area contributed by atoms with Gasteiger partial charge >= 0.3 is 0 Å². The highest BCUT2D eigenvalue weighted by Gasteiger charge is 2.35. The predicted molar refractivity (Wildman–Crippen MR) is 131 cm³/mol. The minimum atomic E-state index is -3.84. The number of nitrogens with zero attached hydrogens (tertiary/aromatic N) is 2. The second kappa shape index (κ2) is 10.5. The fraction of sp³-hybridized carbons (Fsp3) is 0.308. The standard InChI is InChI=1S/C26H28FN3O4S/c1-18-3-5-20(6-4-18)9-12-24-25(19(2)29-34-24)35(32,33)30-15-13-22(14-16-30)26(31)28-17-21-7-10-23(27)11-8-21/h3-12,22H,13-17H2,1-2H3,(H,28,31). The molecule has 1 aromatic heterocycles. The molecule has 184 valence electrons. The molecule has 1 saturated heterocycles. The zero-order chi connectivity index (χ0) is 25.0. The van der Waals surface area contributed by atoms with Crippen LogP contribution in [0.4, 0.5) is 4.39 Å². The van der Waals surface area contributed by atoms with E-state index in [1.54, 1.807) is 31.2 Å². The van der Waals surface area contributed by atoms with Crippen LogP contribution >= 0.6 is 0 Å². The highest BCUT2D eigenvalue weighted by molar-refractivity contribution is 7.89. The van der Waals surface area contributed by atoms with Gasteiger partial charge in [-0.3, -0.25) is 4.79 Å². The van der Waals surface area contributed by atoms with E-state index >= 15 is 0 Å². The van der Waals surface area contributed by atoms with Gasteiger partial charge in [0.1, 0.15) is 11.5 Å². The number of sulfonamides is 1. The van der Waals surface area contributed by atoms with Crippen molar-refractivity contribution in [2.75, 3.05) is 13.1 Å². The van der Waals surface area contributed by atoms with Crippen LogP contribution in [0.2, 0.25) is 0 Å². The summed E-state index contributed by atoms with van der Waals surface area (Å²) in [4.78, 5) is 12.6. The molecule has 9 heteroatoms. The second-order valence-electron chi connectivity index (χ2n) is 8.73. The lowest BCUT2D eigenvalue weighted by Gasteiger charge is -2.30. The molecule has 0 spiro atoms. The summed E-state index contributed by atoms with van der Waals surface area (Å²) in [6.45, 7) is 4.35. The van der Waals surface area contributed by atoms with E-state index in [-0.39, 0.29) is 41.4 Å². The lowest BCUT2D eigenvalue weighted by Crippen LogP contribution is -2.43. The third-order valence-electron chi connectivity index (χ3n) is 6.14. The molecule has 3 aromatic rings. The summed E-state index contributed by atoms with van der Waals surface area (Å²) in [6.07, 6.45) is 4.23. The molecule has 1 aliphatic heterocycles. The van der Waals surface area contributed by atoms with Crippen molar-refractivity contribution in [2.45, 2.75) is 38.1 Å². The Bertz CT molecular complexity index is 1310. The molecular formula is C26H28FN3O4S. The zero-order valence-electron chi connectivity index (χ0n) is 19.7. The molecule has 1 fully saturated rings. The normalized spacial score (nSPS) is 15.5. The molecule has 4 rings (SSSR count). The van der Waals surface area contributed by atoms with Crippen LogP contribution in [-0.2, 0) is 21.4 Å². The van der Waals surface area contributed by atoms with Crippen molar-refractivity contribution in [3.05, 3.63) is 82.5 Å². The average molecular weight is 498 g/mol. The number of amides is 1. The number of hydrogen-bond donors (Lipinski definition) is 1. The number of aryl methyl sites for hydroxylation is 2. The Kier molecular flexibility index (Phi) is 7.47. The van der Waals surface area contributed by atoms with Crippen molar-refractivity contribution in [2.24, 2.45) is 5.92 Å². The van der Waals surface area contributed by atoms with E-state index in [1.807, 2.05) is 31.2 Å². The summed E-state index contributed by atoms with van der Waals surface area (Å²) in [5.74, 6) is -0.562. The Labute approximate surface area is 204 Å². The maximum absolute atomic E-state index is 13.4. The van der Waals surface area contributed by atoms with E-state index in [0.29, 0.717) is 25.1 Å². The Balaban J connectivity index is 1.39. The molecule has 35 heavy (non-hydrogen) atoms.